The molecule has 1 aromatic heterocycles. The van der Waals surface area contributed by atoms with Crippen LogP contribution in [0.4, 0.5) is 0 Å². The Labute approximate surface area is 87.6 Å². The summed E-state index contributed by atoms with van der Waals surface area (Å²) in [5.41, 5.74) is 2.36. The fourth-order valence-electron chi connectivity index (χ4n) is 1.38. The first kappa shape index (κ1) is 10.7. The zero-order valence-electron chi connectivity index (χ0n) is 8.39. The highest BCUT2D eigenvalue weighted by atomic mass is 79.9. The first-order valence-electron chi connectivity index (χ1n) is 4.49. The maximum absolute atomic E-state index is 4.34. The van der Waals surface area contributed by atoms with Gasteiger partial charge in [0.2, 0.25) is 0 Å². The van der Waals surface area contributed by atoms with Crippen LogP contribution in [-0.2, 0) is 13.5 Å². The molecule has 3 nitrogen and oxygen atoms in total. The Bertz CT molecular complexity index is 281. The highest BCUT2D eigenvalue weighted by Crippen LogP contribution is 2.21. The topological polar surface area (TPSA) is 29.9 Å². The van der Waals surface area contributed by atoms with E-state index >= 15 is 0 Å². The molecule has 0 saturated carbocycles. The Morgan fingerprint density at radius 3 is 2.69 bits per heavy atom. The third-order valence-electron chi connectivity index (χ3n) is 2.10. The molecule has 0 amide bonds. The fraction of sp³-hybridized carbons (Fsp3) is 0.667. The van der Waals surface area contributed by atoms with Gasteiger partial charge in [-0.25, -0.2) is 0 Å². The summed E-state index contributed by atoms with van der Waals surface area (Å²) in [6.45, 7) is 3.07. The minimum absolute atomic E-state index is 1.05. The van der Waals surface area contributed by atoms with Crippen LogP contribution in [0.3, 0.4) is 0 Å². The van der Waals surface area contributed by atoms with E-state index in [4.69, 9.17) is 0 Å². The largest absolute Gasteiger partial charge is 0.320 e. The summed E-state index contributed by atoms with van der Waals surface area (Å²) >= 11 is 3.55. The minimum Gasteiger partial charge on any atom is -0.320 e. The Balaban J connectivity index is 2.64. The van der Waals surface area contributed by atoms with Crippen molar-refractivity contribution < 1.29 is 0 Å². The molecule has 0 aliphatic carbocycles. The van der Waals surface area contributed by atoms with Crippen LogP contribution in [0.1, 0.15) is 17.8 Å². The molecular weight excluding hydrogens is 230 g/mol. The second-order valence-electron chi connectivity index (χ2n) is 3.18. The van der Waals surface area contributed by atoms with Crippen molar-refractivity contribution in [2.75, 3.05) is 13.6 Å². The highest BCUT2D eigenvalue weighted by Gasteiger charge is 2.09. The van der Waals surface area contributed by atoms with E-state index in [2.05, 4.69) is 26.3 Å². The molecule has 0 bridgehead atoms. The van der Waals surface area contributed by atoms with Gasteiger partial charge in [-0.05, 0) is 49.3 Å². The van der Waals surface area contributed by atoms with E-state index in [-0.39, 0.29) is 0 Å². The van der Waals surface area contributed by atoms with Crippen molar-refractivity contribution in [3.63, 3.8) is 0 Å². The molecule has 13 heavy (non-hydrogen) atoms. The quantitative estimate of drug-likeness (QED) is 0.818. The summed E-state index contributed by atoms with van der Waals surface area (Å²) in [7, 11) is 3.97. The summed E-state index contributed by atoms with van der Waals surface area (Å²) in [6.07, 6.45) is 2.22. The van der Waals surface area contributed by atoms with Crippen molar-refractivity contribution in [3.05, 3.63) is 15.9 Å². The predicted octanol–water partition coefficient (Wildman–Crippen LogP) is 1.64. The molecule has 1 N–H and O–H groups in total. The molecule has 0 fully saturated rings. The van der Waals surface area contributed by atoms with Gasteiger partial charge in [-0.1, -0.05) is 0 Å². The lowest BCUT2D eigenvalue weighted by Gasteiger charge is -2.02. The van der Waals surface area contributed by atoms with Gasteiger partial charge in [0.25, 0.3) is 0 Å². The first-order chi connectivity index (χ1) is 6.16. The number of aryl methyl sites for hydroxylation is 2. The van der Waals surface area contributed by atoms with Crippen LogP contribution in [0, 0.1) is 6.92 Å². The normalized spacial score (nSPS) is 10.8. The van der Waals surface area contributed by atoms with Crippen LogP contribution in [0.15, 0.2) is 4.47 Å². The lowest BCUT2D eigenvalue weighted by atomic mass is 10.2. The van der Waals surface area contributed by atoms with Gasteiger partial charge >= 0.3 is 0 Å². The average molecular weight is 246 g/mol. The molecule has 0 atom stereocenters. The summed E-state index contributed by atoms with van der Waals surface area (Å²) in [4.78, 5) is 0. The zero-order valence-corrected chi connectivity index (χ0v) is 9.98. The zero-order chi connectivity index (χ0) is 9.84. The second kappa shape index (κ2) is 4.77. The summed E-state index contributed by atoms with van der Waals surface area (Å²) in [6, 6.07) is 0. The minimum atomic E-state index is 1.05. The Kier molecular flexibility index (Phi) is 3.93. The van der Waals surface area contributed by atoms with Gasteiger partial charge in [-0.2, -0.15) is 5.10 Å². The van der Waals surface area contributed by atoms with Crippen LogP contribution in [0.25, 0.3) is 0 Å². The molecule has 1 heterocycles. The molecule has 0 unspecified atom stereocenters. The van der Waals surface area contributed by atoms with Gasteiger partial charge in [-0.15, -0.1) is 0 Å². The first-order valence-corrected chi connectivity index (χ1v) is 5.28. The van der Waals surface area contributed by atoms with E-state index in [0.717, 1.165) is 29.6 Å². The lowest BCUT2D eigenvalue weighted by Crippen LogP contribution is -2.09. The van der Waals surface area contributed by atoms with E-state index < -0.39 is 0 Å². The molecule has 0 spiro atoms. The maximum atomic E-state index is 4.34. The van der Waals surface area contributed by atoms with Crippen LogP contribution < -0.4 is 5.32 Å². The number of rotatable bonds is 4. The van der Waals surface area contributed by atoms with E-state index in [1.165, 1.54) is 5.69 Å². The van der Waals surface area contributed by atoms with Gasteiger partial charge in [0, 0.05) is 7.05 Å². The maximum Gasteiger partial charge on any atom is 0.0738 e. The third kappa shape index (κ3) is 2.54. The predicted molar refractivity (Wildman–Crippen MR) is 57.9 cm³/mol. The van der Waals surface area contributed by atoms with E-state index in [0.29, 0.717) is 0 Å². The molecular formula is C9H16BrN3. The number of nitrogens with zero attached hydrogens (tertiary/aromatic N) is 2. The molecule has 0 saturated heterocycles. The van der Waals surface area contributed by atoms with Gasteiger partial charge < -0.3 is 5.32 Å². The standard InChI is InChI=1S/C9H16BrN3/c1-7-9(10)8(13(3)12-7)5-4-6-11-2/h11H,4-6H2,1-3H3. The van der Waals surface area contributed by atoms with Crippen molar-refractivity contribution in [2.24, 2.45) is 7.05 Å². The molecule has 74 valence electrons. The summed E-state index contributed by atoms with van der Waals surface area (Å²) in [5.74, 6) is 0. The second-order valence-corrected chi connectivity index (χ2v) is 3.97. The molecule has 0 aromatic carbocycles. The van der Waals surface area contributed by atoms with Crippen molar-refractivity contribution in [1.29, 1.82) is 0 Å². The van der Waals surface area contributed by atoms with Crippen molar-refractivity contribution in [1.82, 2.24) is 15.1 Å². The molecule has 4 heteroatoms. The molecule has 1 rings (SSSR count). The SMILES string of the molecule is CNCCCc1c(Br)c(C)nn1C. The van der Waals surface area contributed by atoms with Crippen molar-refractivity contribution in [2.45, 2.75) is 19.8 Å². The fourth-order valence-corrected chi connectivity index (χ4v) is 1.92. The number of aromatic nitrogens is 2. The Hall–Kier alpha value is -0.350. The van der Waals surface area contributed by atoms with Gasteiger partial charge in [0.15, 0.2) is 0 Å². The monoisotopic (exact) mass is 245 g/mol. The lowest BCUT2D eigenvalue weighted by molar-refractivity contribution is 0.656. The van der Waals surface area contributed by atoms with E-state index in [9.17, 15) is 0 Å². The van der Waals surface area contributed by atoms with Gasteiger partial charge in [0.05, 0.1) is 15.9 Å². The summed E-state index contributed by atoms with van der Waals surface area (Å²) < 4.78 is 3.11. The average Bonchev–Trinajstić information content (AvgIpc) is 2.32. The number of hydrogen-bond acceptors (Lipinski definition) is 2. The molecule has 1 aromatic rings. The van der Waals surface area contributed by atoms with Crippen LogP contribution in [0.5, 0.6) is 0 Å². The molecule has 0 aliphatic heterocycles. The number of halogens is 1. The van der Waals surface area contributed by atoms with E-state index in [1.807, 2.05) is 25.7 Å². The molecule has 0 aliphatic rings. The van der Waals surface area contributed by atoms with Gasteiger partial charge in [-0.3, -0.25) is 4.68 Å². The Morgan fingerprint density at radius 2 is 2.23 bits per heavy atom. The van der Waals surface area contributed by atoms with Crippen LogP contribution in [-0.4, -0.2) is 23.4 Å². The van der Waals surface area contributed by atoms with Crippen LogP contribution >= 0.6 is 15.9 Å². The van der Waals surface area contributed by atoms with Crippen LogP contribution in [0.2, 0.25) is 0 Å². The van der Waals surface area contributed by atoms with Crippen molar-refractivity contribution in [3.8, 4) is 0 Å². The number of nitrogens with one attached hydrogen (secondary N) is 1. The smallest absolute Gasteiger partial charge is 0.0738 e. The van der Waals surface area contributed by atoms with E-state index in [1.54, 1.807) is 0 Å². The highest BCUT2D eigenvalue weighted by molar-refractivity contribution is 9.10. The number of hydrogen-bond donors (Lipinski definition) is 1. The Morgan fingerprint density at radius 1 is 1.54 bits per heavy atom. The van der Waals surface area contributed by atoms with Crippen molar-refractivity contribution >= 4 is 15.9 Å². The summed E-state index contributed by atoms with van der Waals surface area (Å²) in [5, 5.41) is 7.48. The molecule has 0 radical (unpaired) electrons. The third-order valence-corrected chi connectivity index (χ3v) is 3.13. The van der Waals surface area contributed by atoms with Gasteiger partial charge in [0.1, 0.15) is 0 Å².